The van der Waals surface area contributed by atoms with Gasteiger partial charge in [-0.15, -0.1) is 0 Å². The van der Waals surface area contributed by atoms with E-state index in [9.17, 15) is 9.59 Å². The summed E-state index contributed by atoms with van der Waals surface area (Å²) < 4.78 is 2.93. The number of hydrogen-bond donors (Lipinski definition) is 0. The van der Waals surface area contributed by atoms with Gasteiger partial charge in [-0.1, -0.05) is 23.5 Å². The molecule has 0 radical (unpaired) electrons. The van der Waals surface area contributed by atoms with Gasteiger partial charge in [0, 0.05) is 7.05 Å². The fourth-order valence-electron chi connectivity index (χ4n) is 1.55. The molecule has 1 amide bonds. The Bertz CT molecular complexity index is 652. The molecular weight excluding hydrogens is 236 g/mol. The molecule has 17 heavy (non-hydrogen) atoms. The molecule has 4 nitrogen and oxygen atoms in total. The Kier molecular flexibility index (Phi) is 3.19. The average Bonchev–Trinajstić information content (AvgIpc) is 2.55. The maximum atomic E-state index is 11.5. The molecule has 1 heterocycles. The number of Topliss-reactive ketones (excluding diaryl/α,β-unsaturated/α-hetero) is 1. The number of para-hydroxylation sites is 1. The van der Waals surface area contributed by atoms with Crippen LogP contribution in [0, 0.1) is 0 Å². The molecule has 0 fully saturated rings. The molecule has 2 rings (SSSR count). The van der Waals surface area contributed by atoms with Crippen LogP contribution in [0.5, 0.6) is 0 Å². The molecule has 1 aromatic heterocycles. The highest BCUT2D eigenvalue weighted by atomic mass is 32.1. The van der Waals surface area contributed by atoms with E-state index in [1.54, 1.807) is 0 Å². The Hall–Kier alpha value is -1.75. The topological polar surface area (TPSA) is 51.4 Å². The Morgan fingerprint density at radius 3 is 2.71 bits per heavy atom. The second kappa shape index (κ2) is 4.63. The zero-order valence-electron chi connectivity index (χ0n) is 9.64. The van der Waals surface area contributed by atoms with Crippen LogP contribution in [0.3, 0.4) is 0 Å². The van der Waals surface area contributed by atoms with Crippen molar-refractivity contribution in [3.8, 4) is 0 Å². The largest absolute Gasteiger partial charge is 0.319 e. The van der Waals surface area contributed by atoms with Crippen LogP contribution in [-0.4, -0.2) is 16.3 Å². The van der Waals surface area contributed by atoms with Crippen molar-refractivity contribution >= 4 is 33.2 Å². The van der Waals surface area contributed by atoms with E-state index in [1.807, 2.05) is 35.9 Å². The van der Waals surface area contributed by atoms with Crippen molar-refractivity contribution < 1.29 is 9.59 Å². The summed E-state index contributed by atoms with van der Waals surface area (Å²) in [6.07, 6.45) is -0.131. The van der Waals surface area contributed by atoms with Gasteiger partial charge in [0.2, 0.25) is 0 Å². The van der Waals surface area contributed by atoms with Crippen molar-refractivity contribution in [3.63, 3.8) is 0 Å². The highest BCUT2D eigenvalue weighted by Crippen LogP contribution is 2.15. The molecule has 0 N–H and O–H groups in total. The normalized spacial score (nSPS) is 12.0. The van der Waals surface area contributed by atoms with Crippen molar-refractivity contribution in [1.82, 2.24) is 4.57 Å². The summed E-state index contributed by atoms with van der Waals surface area (Å²) in [6, 6.07) is 7.84. The van der Waals surface area contributed by atoms with Gasteiger partial charge in [-0.3, -0.25) is 9.59 Å². The third-order valence-electron chi connectivity index (χ3n) is 2.34. The molecule has 0 saturated heterocycles. The minimum atomic E-state index is -0.389. The first kappa shape index (κ1) is 11.7. The van der Waals surface area contributed by atoms with Crippen LogP contribution in [0.2, 0.25) is 0 Å². The van der Waals surface area contributed by atoms with Crippen LogP contribution in [0.4, 0.5) is 0 Å². The van der Waals surface area contributed by atoms with E-state index in [1.165, 1.54) is 18.3 Å². The minimum Gasteiger partial charge on any atom is -0.319 e. The van der Waals surface area contributed by atoms with Crippen LogP contribution in [0.15, 0.2) is 29.3 Å². The summed E-state index contributed by atoms with van der Waals surface area (Å²) in [6.45, 7) is 1.39. The quantitative estimate of drug-likeness (QED) is 0.759. The molecule has 5 heteroatoms. The number of carbonyl (C=O) groups excluding carboxylic acids is 2. The van der Waals surface area contributed by atoms with Crippen molar-refractivity contribution in [2.24, 2.45) is 12.0 Å². The fraction of sp³-hybridized carbons (Fsp3) is 0.250. The lowest BCUT2D eigenvalue weighted by Gasteiger charge is -1.93. The SMILES string of the molecule is CC(=O)CC(=O)N=c1sc2ccccc2n1C. The van der Waals surface area contributed by atoms with Crippen LogP contribution in [0.25, 0.3) is 10.2 Å². The Morgan fingerprint density at radius 1 is 1.35 bits per heavy atom. The number of thiazole rings is 1. The van der Waals surface area contributed by atoms with Gasteiger partial charge in [-0.25, -0.2) is 0 Å². The number of carbonyl (C=O) groups is 2. The summed E-state index contributed by atoms with van der Waals surface area (Å²) >= 11 is 1.44. The van der Waals surface area contributed by atoms with Gasteiger partial charge in [0.25, 0.3) is 5.91 Å². The van der Waals surface area contributed by atoms with E-state index in [0.717, 1.165) is 10.2 Å². The van der Waals surface area contributed by atoms with Gasteiger partial charge in [0.05, 0.1) is 16.6 Å². The van der Waals surface area contributed by atoms with Crippen molar-refractivity contribution in [3.05, 3.63) is 29.1 Å². The zero-order valence-corrected chi connectivity index (χ0v) is 10.5. The summed E-state index contributed by atoms with van der Waals surface area (Å²) in [7, 11) is 1.86. The van der Waals surface area contributed by atoms with Crippen LogP contribution in [0.1, 0.15) is 13.3 Å². The first-order valence-electron chi connectivity index (χ1n) is 5.19. The molecule has 0 atom stereocenters. The Morgan fingerprint density at radius 2 is 2.06 bits per heavy atom. The lowest BCUT2D eigenvalue weighted by Crippen LogP contribution is -2.14. The maximum Gasteiger partial charge on any atom is 0.255 e. The first-order valence-corrected chi connectivity index (χ1v) is 6.01. The Labute approximate surface area is 102 Å². The van der Waals surface area contributed by atoms with E-state index >= 15 is 0 Å². The third kappa shape index (κ3) is 2.50. The summed E-state index contributed by atoms with van der Waals surface area (Å²) in [5.74, 6) is -0.554. The number of aromatic nitrogens is 1. The molecule has 0 spiro atoms. The fourth-order valence-corrected chi connectivity index (χ4v) is 2.58. The monoisotopic (exact) mass is 248 g/mol. The van der Waals surface area contributed by atoms with Crippen LogP contribution in [-0.2, 0) is 16.6 Å². The van der Waals surface area contributed by atoms with Gasteiger partial charge < -0.3 is 4.57 Å². The van der Waals surface area contributed by atoms with Gasteiger partial charge in [-0.2, -0.15) is 4.99 Å². The number of rotatable bonds is 2. The number of aryl methyl sites for hydroxylation is 1. The molecule has 1 aromatic carbocycles. The van der Waals surface area contributed by atoms with Crippen molar-refractivity contribution in [2.75, 3.05) is 0 Å². The van der Waals surface area contributed by atoms with Crippen LogP contribution < -0.4 is 4.80 Å². The molecule has 0 aliphatic carbocycles. The number of benzene rings is 1. The summed E-state index contributed by atoms with van der Waals surface area (Å²) in [5.41, 5.74) is 1.03. The molecule has 0 aliphatic rings. The molecule has 2 aromatic rings. The van der Waals surface area contributed by atoms with Crippen molar-refractivity contribution in [2.45, 2.75) is 13.3 Å². The first-order chi connectivity index (χ1) is 8.08. The van der Waals surface area contributed by atoms with E-state index < -0.39 is 0 Å². The van der Waals surface area contributed by atoms with Gasteiger partial charge in [0.15, 0.2) is 4.80 Å². The van der Waals surface area contributed by atoms with E-state index in [0.29, 0.717) is 4.80 Å². The summed E-state index contributed by atoms with van der Waals surface area (Å²) in [5, 5.41) is 0. The molecule has 0 saturated carbocycles. The third-order valence-corrected chi connectivity index (χ3v) is 3.45. The maximum absolute atomic E-state index is 11.5. The predicted octanol–water partition coefficient (Wildman–Crippen LogP) is 1.65. The summed E-state index contributed by atoms with van der Waals surface area (Å²) in [4.78, 5) is 26.9. The number of amides is 1. The number of fused-ring (bicyclic) bond motifs is 1. The molecule has 88 valence electrons. The highest BCUT2D eigenvalue weighted by molar-refractivity contribution is 7.16. The molecule has 0 aliphatic heterocycles. The van der Waals surface area contributed by atoms with E-state index in [4.69, 9.17) is 0 Å². The zero-order chi connectivity index (χ0) is 12.4. The van der Waals surface area contributed by atoms with Crippen LogP contribution >= 0.6 is 11.3 Å². The smallest absolute Gasteiger partial charge is 0.255 e. The number of nitrogens with zero attached hydrogens (tertiary/aromatic N) is 2. The highest BCUT2D eigenvalue weighted by Gasteiger charge is 2.06. The lowest BCUT2D eigenvalue weighted by molar-refractivity contribution is -0.125. The van der Waals surface area contributed by atoms with Gasteiger partial charge in [0.1, 0.15) is 5.78 Å². The Balaban J connectivity index is 2.49. The molecule has 0 unspecified atom stereocenters. The standard InChI is InChI=1S/C12H12N2O2S/c1-8(15)7-11(16)13-12-14(2)9-5-3-4-6-10(9)17-12/h3-6H,7H2,1-2H3. The van der Waals surface area contributed by atoms with Gasteiger partial charge >= 0.3 is 0 Å². The van der Waals surface area contributed by atoms with E-state index in [-0.39, 0.29) is 18.1 Å². The average molecular weight is 248 g/mol. The molecule has 0 bridgehead atoms. The lowest BCUT2D eigenvalue weighted by atomic mass is 10.3. The predicted molar refractivity (Wildman–Crippen MR) is 66.7 cm³/mol. The number of hydrogen-bond acceptors (Lipinski definition) is 3. The number of ketones is 1. The van der Waals surface area contributed by atoms with Gasteiger partial charge in [-0.05, 0) is 19.1 Å². The second-order valence-corrected chi connectivity index (χ2v) is 4.80. The molecular formula is C12H12N2O2S. The van der Waals surface area contributed by atoms with Crippen molar-refractivity contribution in [1.29, 1.82) is 0 Å². The van der Waals surface area contributed by atoms with E-state index in [2.05, 4.69) is 4.99 Å². The second-order valence-electron chi connectivity index (χ2n) is 3.80. The minimum absolute atomic E-state index is 0.131.